The number of nitrogens with zero attached hydrogens (tertiary/aromatic N) is 1. The molecule has 0 amide bonds. The molecule has 164 valence electrons. The van der Waals surface area contributed by atoms with Crippen molar-refractivity contribution < 1.29 is 17.9 Å². The molecule has 5 nitrogen and oxygen atoms in total. The summed E-state index contributed by atoms with van der Waals surface area (Å²) >= 11 is 6.19. The summed E-state index contributed by atoms with van der Waals surface area (Å²) in [4.78, 5) is 19.7. The second-order valence-corrected chi connectivity index (χ2v) is 7.46. The zero-order valence-corrected chi connectivity index (χ0v) is 17.5. The molecule has 0 aliphatic carbocycles. The Labute approximate surface area is 185 Å². The third kappa shape index (κ3) is 4.27. The number of fused-ring (bicyclic) bond motifs is 1. The van der Waals surface area contributed by atoms with E-state index in [0.29, 0.717) is 16.3 Å². The van der Waals surface area contributed by atoms with Crippen LogP contribution >= 0.6 is 11.6 Å². The Balaban J connectivity index is 2.01. The molecule has 0 aliphatic rings. The van der Waals surface area contributed by atoms with Gasteiger partial charge in [-0.15, -0.1) is 0 Å². The van der Waals surface area contributed by atoms with Crippen molar-refractivity contribution in [1.82, 2.24) is 9.97 Å². The number of hydrogen-bond donors (Lipinski definition) is 2. The molecule has 0 saturated heterocycles. The molecule has 4 aromatic rings. The predicted molar refractivity (Wildman–Crippen MR) is 118 cm³/mol. The average Bonchev–Trinajstić information content (AvgIpc) is 2.77. The number of nitrogens with one attached hydrogen (secondary N) is 2. The molecule has 0 fully saturated rings. The smallest absolute Gasteiger partial charge is 0.416 e. The van der Waals surface area contributed by atoms with Gasteiger partial charge in [-0.1, -0.05) is 17.7 Å². The molecule has 2 aromatic carbocycles. The number of halogens is 4. The van der Waals surface area contributed by atoms with Gasteiger partial charge >= 0.3 is 6.18 Å². The fourth-order valence-corrected chi connectivity index (χ4v) is 3.66. The minimum atomic E-state index is -4.55. The van der Waals surface area contributed by atoms with E-state index in [1.807, 2.05) is 6.07 Å². The highest BCUT2D eigenvalue weighted by molar-refractivity contribution is 6.31. The number of hydrogen-bond acceptors (Lipinski definition) is 4. The number of aromatic nitrogens is 2. The Kier molecular flexibility index (Phi) is 5.80. The van der Waals surface area contributed by atoms with E-state index in [-0.39, 0.29) is 28.7 Å². The fraction of sp³-hybridized carbons (Fsp3) is 0.130. The molecule has 0 unspecified atom stereocenters. The lowest BCUT2D eigenvalue weighted by molar-refractivity contribution is -0.137. The number of pyridine rings is 2. The predicted octanol–water partition coefficient (Wildman–Crippen LogP) is 5.88. The molecule has 0 aliphatic heterocycles. The van der Waals surface area contributed by atoms with Crippen LogP contribution in [0.1, 0.15) is 11.1 Å². The Morgan fingerprint density at radius 1 is 1.16 bits per heavy atom. The van der Waals surface area contributed by atoms with E-state index >= 15 is 0 Å². The number of alkyl halides is 3. The van der Waals surface area contributed by atoms with Crippen LogP contribution in [0.2, 0.25) is 5.02 Å². The maximum atomic E-state index is 13.5. The van der Waals surface area contributed by atoms with Crippen molar-refractivity contribution in [3.63, 3.8) is 0 Å². The van der Waals surface area contributed by atoms with Gasteiger partial charge in [0.15, 0.2) is 0 Å². The lowest BCUT2D eigenvalue weighted by Crippen LogP contribution is -2.16. The van der Waals surface area contributed by atoms with Crippen molar-refractivity contribution >= 4 is 28.2 Å². The zero-order valence-electron chi connectivity index (χ0n) is 16.8. The van der Waals surface area contributed by atoms with Crippen molar-refractivity contribution in [3.8, 4) is 16.9 Å². The monoisotopic (exact) mass is 459 g/mol. The normalized spacial score (nSPS) is 11.5. The topological polar surface area (TPSA) is 67.0 Å². The first-order valence-electron chi connectivity index (χ1n) is 9.52. The maximum Gasteiger partial charge on any atom is 0.416 e. The van der Waals surface area contributed by atoms with Crippen LogP contribution in [0.4, 0.5) is 18.9 Å². The maximum absolute atomic E-state index is 13.5. The van der Waals surface area contributed by atoms with Crippen molar-refractivity contribution in [2.75, 3.05) is 12.4 Å². The molecule has 0 bridgehead atoms. The largest absolute Gasteiger partial charge is 0.496 e. The Hall–Kier alpha value is -3.52. The number of methoxy groups -OCH3 is 1. The van der Waals surface area contributed by atoms with Gasteiger partial charge in [0.05, 0.1) is 12.7 Å². The van der Waals surface area contributed by atoms with Crippen molar-refractivity contribution in [2.24, 2.45) is 0 Å². The van der Waals surface area contributed by atoms with Crippen molar-refractivity contribution in [2.45, 2.75) is 12.7 Å². The minimum Gasteiger partial charge on any atom is -0.496 e. The zero-order chi connectivity index (χ0) is 22.9. The van der Waals surface area contributed by atoms with Crippen LogP contribution in [-0.4, -0.2) is 17.1 Å². The van der Waals surface area contributed by atoms with Gasteiger partial charge in [-0.3, -0.25) is 9.78 Å². The van der Waals surface area contributed by atoms with Crippen LogP contribution in [0.3, 0.4) is 0 Å². The van der Waals surface area contributed by atoms with Gasteiger partial charge in [0, 0.05) is 46.0 Å². The highest BCUT2D eigenvalue weighted by Crippen LogP contribution is 2.41. The van der Waals surface area contributed by atoms with E-state index in [1.165, 1.54) is 13.2 Å². The van der Waals surface area contributed by atoms with Crippen LogP contribution < -0.4 is 15.6 Å². The number of aromatic amines is 1. The summed E-state index contributed by atoms with van der Waals surface area (Å²) < 4.78 is 45.8. The van der Waals surface area contributed by atoms with Crippen LogP contribution in [0.15, 0.2) is 65.7 Å². The summed E-state index contributed by atoms with van der Waals surface area (Å²) in [5.41, 5.74) is 0.478. The quantitative estimate of drug-likeness (QED) is 0.391. The molecule has 32 heavy (non-hydrogen) atoms. The van der Waals surface area contributed by atoms with E-state index in [2.05, 4.69) is 15.3 Å². The van der Waals surface area contributed by atoms with Gasteiger partial charge in [-0.2, -0.15) is 13.2 Å². The summed E-state index contributed by atoms with van der Waals surface area (Å²) in [6, 6.07) is 11.5. The summed E-state index contributed by atoms with van der Waals surface area (Å²) in [6.45, 7) is 0.233. The Morgan fingerprint density at radius 2 is 1.97 bits per heavy atom. The van der Waals surface area contributed by atoms with Gasteiger partial charge < -0.3 is 15.0 Å². The highest BCUT2D eigenvalue weighted by Gasteiger charge is 2.31. The number of rotatable bonds is 5. The van der Waals surface area contributed by atoms with Gasteiger partial charge in [-0.05, 0) is 48.0 Å². The summed E-state index contributed by atoms with van der Waals surface area (Å²) in [5, 5.41) is 3.60. The molecule has 0 atom stereocenters. The standard InChI is InChI=1S/C23H17ClF3N3O2/c1-32-19-7-5-15(24)10-17(19)20-16-9-14(23(25,26)27)4-6-18(16)30-22(31)21(20)29-12-13-3-2-8-28-11-13/h2-11,29H,12H2,1H3,(H,30,31). The first-order chi connectivity index (χ1) is 15.3. The molecular weight excluding hydrogens is 443 g/mol. The molecule has 4 rings (SSSR count). The molecular formula is C23H17ClF3N3O2. The summed E-state index contributed by atoms with van der Waals surface area (Å²) in [7, 11) is 1.44. The van der Waals surface area contributed by atoms with E-state index in [4.69, 9.17) is 16.3 Å². The molecule has 0 saturated carbocycles. The van der Waals surface area contributed by atoms with Crippen LogP contribution in [0.25, 0.3) is 22.0 Å². The number of ether oxygens (including phenoxy) is 1. The van der Waals surface area contributed by atoms with Crippen LogP contribution in [-0.2, 0) is 12.7 Å². The average molecular weight is 460 g/mol. The second kappa shape index (κ2) is 8.55. The van der Waals surface area contributed by atoms with Crippen molar-refractivity contribution in [3.05, 3.63) is 87.4 Å². The molecule has 2 aromatic heterocycles. The van der Waals surface area contributed by atoms with Gasteiger partial charge in [0.25, 0.3) is 5.56 Å². The number of anilines is 1. The van der Waals surface area contributed by atoms with Crippen LogP contribution in [0, 0.1) is 0 Å². The third-order valence-corrected chi connectivity index (χ3v) is 5.20. The number of benzene rings is 2. The third-order valence-electron chi connectivity index (χ3n) is 4.96. The fourth-order valence-electron chi connectivity index (χ4n) is 3.49. The lowest BCUT2D eigenvalue weighted by atomic mass is 9.96. The van der Waals surface area contributed by atoms with E-state index in [9.17, 15) is 18.0 Å². The molecule has 0 radical (unpaired) electrons. The van der Waals surface area contributed by atoms with Crippen molar-refractivity contribution in [1.29, 1.82) is 0 Å². The number of H-pyrrole nitrogens is 1. The van der Waals surface area contributed by atoms with Crippen LogP contribution in [0.5, 0.6) is 5.75 Å². The summed E-state index contributed by atoms with van der Waals surface area (Å²) in [6.07, 6.45) is -1.31. The molecule has 0 spiro atoms. The molecule has 9 heteroatoms. The SMILES string of the molecule is COc1ccc(Cl)cc1-c1c(NCc2cccnc2)c(=O)[nH]c2ccc(C(F)(F)F)cc12. The first-order valence-corrected chi connectivity index (χ1v) is 9.89. The van der Waals surface area contributed by atoms with E-state index in [0.717, 1.165) is 17.7 Å². The first kappa shape index (κ1) is 21.7. The van der Waals surface area contributed by atoms with Gasteiger partial charge in [0.2, 0.25) is 0 Å². The van der Waals surface area contributed by atoms with Gasteiger partial charge in [-0.25, -0.2) is 0 Å². The second-order valence-electron chi connectivity index (χ2n) is 7.02. The molecule has 2 N–H and O–H groups in total. The Morgan fingerprint density at radius 3 is 2.66 bits per heavy atom. The summed E-state index contributed by atoms with van der Waals surface area (Å²) in [5.74, 6) is 0.364. The minimum absolute atomic E-state index is 0.0984. The van der Waals surface area contributed by atoms with Gasteiger partial charge in [0.1, 0.15) is 11.4 Å². The molecule has 2 heterocycles. The highest BCUT2D eigenvalue weighted by atomic mass is 35.5. The van der Waals surface area contributed by atoms with E-state index in [1.54, 1.807) is 36.7 Å². The lowest BCUT2D eigenvalue weighted by Gasteiger charge is -2.18. The van der Waals surface area contributed by atoms with E-state index < -0.39 is 17.3 Å². The Bertz CT molecular complexity index is 1340.